The molecule has 1 amide bonds. The van der Waals surface area contributed by atoms with Crippen LogP contribution in [0.3, 0.4) is 0 Å². The molecule has 2 aliphatic rings. The molecule has 3 heterocycles. The highest BCUT2D eigenvalue weighted by molar-refractivity contribution is 8.18. The molecule has 0 saturated carbocycles. The zero-order chi connectivity index (χ0) is 17.2. The van der Waals surface area contributed by atoms with Crippen LogP contribution >= 0.6 is 11.8 Å². The number of nitrogens with zero attached hydrogens (tertiary/aromatic N) is 3. The van der Waals surface area contributed by atoms with Crippen LogP contribution in [-0.2, 0) is 4.79 Å². The molecule has 0 atom stereocenters. The zero-order valence-corrected chi connectivity index (χ0v) is 14.8. The standard InChI is InChI=1S/C18H19N5OS/c1-22-7-9-23(10-8-22)18-20-17(24)15(25-18)11-14-12-19-21-16(14)13-5-3-2-4-6-13/h2-6,11-12H,7-10H2,1H3,(H,19,21)/p+1/b15-11-. The molecule has 2 aliphatic heterocycles. The van der Waals surface area contributed by atoms with E-state index in [0.717, 1.165) is 48.2 Å². The number of piperazine rings is 1. The SMILES string of the molecule is C[NH+]1CCN(C2=NC(=O)/C(=C/c3cn[nH]c3-c3ccccc3)S2)CC1. The summed E-state index contributed by atoms with van der Waals surface area (Å²) >= 11 is 1.47. The Bertz CT molecular complexity index is 834. The first-order valence-electron chi connectivity index (χ1n) is 8.38. The molecule has 2 N–H and O–H groups in total. The highest BCUT2D eigenvalue weighted by atomic mass is 32.2. The van der Waals surface area contributed by atoms with Gasteiger partial charge in [-0.1, -0.05) is 30.3 Å². The maximum atomic E-state index is 12.3. The molecule has 0 bridgehead atoms. The van der Waals surface area contributed by atoms with E-state index in [1.165, 1.54) is 16.7 Å². The quantitative estimate of drug-likeness (QED) is 0.786. The van der Waals surface area contributed by atoms with Crippen molar-refractivity contribution < 1.29 is 9.69 Å². The Morgan fingerprint density at radius 3 is 2.76 bits per heavy atom. The first kappa shape index (κ1) is 16.1. The first-order valence-corrected chi connectivity index (χ1v) is 9.20. The van der Waals surface area contributed by atoms with Crippen molar-refractivity contribution in [2.75, 3.05) is 33.2 Å². The maximum absolute atomic E-state index is 12.3. The molecule has 1 aromatic heterocycles. The number of carbonyl (C=O) groups excluding carboxylic acids is 1. The van der Waals surface area contributed by atoms with Crippen molar-refractivity contribution in [2.24, 2.45) is 4.99 Å². The van der Waals surface area contributed by atoms with Crippen LogP contribution < -0.4 is 4.90 Å². The molecule has 1 aromatic carbocycles. The number of amides is 1. The molecule has 0 spiro atoms. The summed E-state index contributed by atoms with van der Waals surface area (Å²) in [5.41, 5.74) is 2.87. The number of thioether (sulfide) groups is 1. The van der Waals surface area contributed by atoms with E-state index in [1.807, 2.05) is 36.4 Å². The van der Waals surface area contributed by atoms with Crippen LogP contribution in [0.2, 0.25) is 0 Å². The summed E-state index contributed by atoms with van der Waals surface area (Å²) in [4.78, 5) is 21.0. The number of nitrogens with one attached hydrogen (secondary N) is 2. The third-order valence-electron chi connectivity index (χ3n) is 4.51. The molecule has 1 fully saturated rings. The van der Waals surface area contributed by atoms with Crippen LogP contribution in [0, 0.1) is 0 Å². The topological polar surface area (TPSA) is 65.8 Å². The largest absolute Gasteiger partial charge is 0.339 e. The number of hydrogen-bond donors (Lipinski definition) is 2. The zero-order valence-electron chi connectivity index (χ0n) is 14.0. The normalized spacial score (nSPS) is 20.4. The van der Waals surface area contributed by atoms with Crippen molar-refractivity contribution in [1.82, 2.24) is 15.1 Å². The van der Waals surface area contributed by atoms with E-state index in [2.05, 4.69) is 27.1 Å². The summed E-state index contributed by atoms with van der Waals surface area (Å²) in [5.74, 6) is -0.161. The predicted molar refractivity (Wildman–Crippen MR) is 100 cm³/mol. The van der Waals surface area contributed by atoms with E-state index in [0.29, 0.717) is 4.91 Å². The van der Waals surface area contributed by atoms with Crippen molar-refractivity contribution in [2.45, 2.75) is 0 Å². The van der Waals surface area contributed by atoms with Crippen LogP contribution in [0.25, 0.3) is 17.3 Å². The number of benzene rings is 1. The van der Waals surface area contributed by atoms with E-state index >= 15 is 0 Å². The Labute approximate surface area is 150 Å². The number of hydrogen-bond acceptors (Lipinski definition) is 4. The molecule has 25 heavy (non-hydrogen) atoms. The van der Waals surface area contributed by atoms with Crippen molar-refractivity contribution in [1.29, 1.82) is 0 Å². The lowest BCUT2D eigenvalue weighted by molar-refractivity contribution is -0.883. The molecule has 2 aromatic rings. The molecule has 6 nitrogen and oxygen atoms in total. The van der Waals surface area contributed by atoms with Gasteiger partial charge >= 0.3 is 0 Å². The van der Waals surface area contributed by atoms with Gasteiger partial charge in [0.1, 0.15) is 0 Å². The van der Waals surface area contributed by atoms with Gasteiger partial charge in [0.15, 0.2) is 5.17 Å². The predicted octanol–water partition coefficient (Wildman–Crippen LogP) is 0.877. The number of aromatic nitrogens is 2. The minimum atomic E-state index is -0.161. The minimum Gasteiger partial charge on any atom is -0.339 e. The number of H-pyrrole nitrogens is 1. The van der Waals surface area contributed by atoms with E-state index < -0.39 is 0 Å². The third kappa shape index (κ3) is 3.38. The number of rotatable bonds is 2. The number of amidine groups is 1. The fourth-order valence-electron chi connectivity index (χ4n) is 3.00. The molecule has 0 radical (unpaired) electrons. The molecule has 1 saturated heterocycles. The number of quaternary nitrogens is 1. The lowest BCUT2D eigenvalue weighted by atomic mass is 10.1. The average molecular weight is 354 g/mol. The summed E-state index contributed by atoms with van der Waals surface area (Å²) in [5, 5.41) is 7.99. The van der Waals surface area contributed by atoms with E-state index in [1.54, 1.807) is 6.20 Å². The van der Waals surface area contributed by atoms with Gasteiger partial charge in [0.2, 0.25) is 0 Å². The van der Waals surface area contributed by atoms with Gasteiger partial charge in [-0.3, -0.25) is 9.89 Å². The number of carbonyl (C=O) groups is 1. The van der Waals surface area contributed by atoms with Gasteiger partial charge in [-0.25, -0.2) is 0 Å². The highest BCUT2D eigenvalue weighted by Gasteiger charge is 2.29. The Kier molecular flexibility index (Phi) is 4.42. The van der Waals surface area contributed by atoms with E-state index in [-0.39, 0.29) is 5.91 Å². The van der Waals surface area contributed by atoms with Crippen molar-refractivity contribution in [3.05, 3.63) is 47.0 Å². The van der Waals surface area contributed by atoms with Crippen LogP contribution in [0.15, 0.2) is 46.4 Å². The van der Waals surface area contributed by atoms with Crippen molar-refractivity contribution in [3.8, 4) is 11.3 Å². The molecule has 0 unspecified atom stereocenters. The molecule has 128 valence electrons. The lowest BCUT2D eigenvalue weighted by Gasteiger charge is -2.30. The lowest BCUT2D eigenvalue weighted by Crippen LogP contribution is -3.12. The molecule has 7 heteroatoms. The highest BCUT2D eigenvalue weighted by Crippen LogP contribution is 2.32. The van der Waals surface area contributed by atoms with Gasteiger partial charge < -0.3 is 9.80 Å². The fraction of sp³-hybridized carbons (Fsp3) is 0.278. The maximum Gasteiger partial charge on any atom is 0.286 e. The van der Waals surface area contributed by atoms with Crippen LogP contribution in [-0.4, -0.2) is 59.4 Å². The van der Waals surface area contributed by atoms with Crippen LogP contribution in [0.4, 0.5) is 0 Å². The van der Waals surface area contributed by atoms with Crippen LogP contribution in [0.1, 0.15) is 5.56 Å². The molecule has 4 rings (SSSR count). The van der Waals surface area contributed by atoms with Crippen molar-refractivity contribution in [3.63, 3.8) is 0 Å². The summed E-state index contributed by atoms with van der Waals surface area (Å²) in [6.07, 6.45) is 3.64. The van der Waals surface area contributed by atoms with Gasteiger partial charge in [-0.2, -0.15) is 10.1 Å². The average Bonchev–Trinajstić information content (AvgIpc) is 3.24. The summed E-state index contributed by atoms with van der Waals surface area (Å²) in [6, 6.07) is 9.99. The summed E-state index contributed by atoms with van der Waals surface area (Å²) in [6.45, 7) is 4.04. The van der Waals surface area contributed by atoms with E-state index in [9.17, 15) is 4.79 Å². The summed E-state index contributed by atoms with van der Waals surface area (Å²) in [7, 11) is 2.20. The van der Waals surface area contributed by atoms with E-state index in [4.69, 9.17) is 0 Å². The second kappa shape index (κ2) is 6.85. The van der Waals surface area contributed by atoms with Crippen molar-refractivity contribution >= 4 is 28.9 Å². The second-order valence-corrected chi connectivity index (χ2v) is 7.33. The van der Waals surface area contributed by atoms with Gasteiger partial charge in [0.25, 0.3) is 5.91 Å². The molecule has 0 aliphatic carbocycles. The van der Waals surface area contributed by atoms with Gasteiger partial charge in [-0.05, 0) is 17.8 Å². The molecular formula is C18H20N5OS+. The number of likely N-dealkylation sites (N-methyl/N-ethyl adjacent to an activating group) is 1. The monoisotopic (exact) mass is 354 g/mol. The van der Waals surface area contributed by atoms with Gasteiger partial charge in [-0.15, -0.1) is 0 Å². The second-order valence-electron chi connectivity index (χ2n) is 6.32. The smallest absolute Gasteiger partial charge is 0.286 e. The van der Waals surface area contributed by atoms with Gasteiger partial charge in [0, 0.05) is 11.1 Å². The Balaban J connectivity index is 1.54. The number of aromatic amines is 1. The Morgan fingerprint density at radius 1 is 1.24 bits per heavy atom. The van der Waals surface area contributed by atoms with Crippen LogP contribution in [0.5, 0.6) is 0 Å². The number of aliphatic imine (C=N–C) groups is 1. The third-order valence-corrected chi connectivity index (χ3v) is 5.56. The Morgan fingerprint density at radius 2 is 2.00 bits per heavy atom. The minimum absolute atomic E-state index is 0.161. The fourth-order valence-corrected chi connectivity index (χ4v) is 3.95. The van der Waals surface area contributed by atoms with Gasteiger partial charge in [0.05, 0.1) is 50.0 Å². The first-order chi connectivity index (χ1) is 12.2. The Hall–Kier alpha value is -2.38. The molecular weight excluding hydrogens is 334 g/mol. The summed E-state index contributed by atoms with van der Waals surface area (Å²) < 4.78 is 0.